The highest BCUT2D eigenvalue weighted by Crippen LogP contribution is 2.23. The SMILES string of the molecule is CS(=O)(=O)OCCc1ccc(S(=O)(=O)c2ccc(F)c(F)c2)cc1. The van der Waals surface area contributed by atoms with Crippen molar-refractivity contribution in [1.29, 1.82) is 0 Å². The standard InChI is InChI=1S/C15H14F2O5S2/c1-23(18,19)22-9-8-11-2-4-12(5-3-11)24(20,21)13-6-7-14(16)15(17)10-13/h2-7,10H,8-9H2,1H3. The normalized spacial score (nSPS) is 12.3. The van der Waals surface area contributed by atoms with E-state index in [1.165, 1.54) is 24.3 Å². The third kappa shape index (κ3) is 4.59. The fourth-order valence-corrected chi connectivity index (χ4v) is 3.58. The molecule has 2 aromatic rings. The van der Waals surface area contributed by atoms with Gasteiger partial charge in [0.25, 0.3) is 10.1 Å². The third-order valence-electron chi connectivity index (χ3n) is 3.12. The molecule has 0 unspecified atom stereocenters. The summed E-state index contributed by atoms with van der Waals surface area (Å²) >= 11 is 0. The first kappa shape index (κ1) is 18.5. The largest absolute Gasteiger partial charge is 0.270 e. The Morgan fingerprint density at radius 2 is 1.46 bits per heavy atom. The summed E-state index contributed by atoms with van der Waals surface area (Å²) in [4.78, 5) is -0.434. The minimum absolute atomic E-state index is 0.0614. The Balaban J connectivity index is 2.18. The second-order valence-electron chi connectivity index (χ2n) is 5.00. The Bertz CT molecular complexity index is 936. The topological polar surface area (TPSA) is 77.5 Å². The van der Waals surface area contributed by atoms with Crippen molar-refractivity contribution in [2.24, 2.45) is 0 Å². The van der Waals surface area contributed by atoms with Gasteiger partial charge in [0.2, 0.25) is 9.84 Å². The van der Waals surface area contributed by atoms with E-state index in [0.29, 0.717) is 11.6 Å². The third-order valence-corrected chi connectivity index (χ3v) is 5.49. The lowest BCUT2D eigenvalue weighted by Crippen LogP contribution is -2.07. The second kappa shape index (κ2) is 6.96. The van der Waals surface area contributed by atoms with Gasteiger partial charge >= 0.3 is 0 Å². The molecule has 9 heteroatoms. The molecule has 0 bridgehead atoms. The zero-order valence-electron chi connectivity index (χ0n) is 12.6. The molecule has 2 rings (SSSR count). The van der Waals surface area contributed by atoms with Crippen LogP contribution < -0.4 is 0 Å². The smallest absolute Gasteiger partial charge is 0.264 e. The van der Waals surface area contributed by atoms with Crippen molar-refractivity contribution in [3.05, 3.63) is 59.7 Å². The number of rotatable bonds is 6. The zero-order chi connectivity index (χ0) is 18.0. The predicted octanol–water partition coefficient (Wildman–Crippen LogP) is 2.32. The Labute approximate surface area is 138 Å². The molecule has 0 heterocycles. The minimum Gasteiger partial charge on any atom is -0.270 e. The van der Waals surface area contributed by atoms with Crippen LogP contribution in [0.25, 0.3) is 0 Å². The molecule has 0 fully saturated rings. The molecule has 2 aromatic carbocycles. The summed E-state index contributed by atoms with van der Waals surface area (Å²) in [5.41, 5.74) is 0.669. The molecule has 0 amide bonds. The molecule has 0 aliphatic rings. The molecule has 0 N–H and O–H groups in total. The second-order valence-corrected chi connectivity index (χ2v) is 8.59. The van der Waals surface area contributed by atoms with Gasteiger partial charge in [-0.05, 0) is 42.3 Å². The summed E-state index contributed by atoms with van der Waals surface area (Å²) in [6, 6.07) is 7.98. The fraction of sp³-hybridized carbons (Fsp3) is 0.200. The molecule has 0 spiro atoms. The number of hydrogen-bond donors (Lipinski definition) is 0. The first-order valence-corrected chi connectivity index (χ1v) is 10.0. The van der Waals surface area contributed by atoms with Gasteiger partial charge in [0.15, 0.2) is 11.6 Å². The summed E-state index contributed by atoms with van der Waals surface area (Å²) < 4.78 is 77.2. The molecule has 0 aliphatic carbocycles. The zero-order valence-corrected chi connectivity index (χ0v) is 14.2. The highest BCUT2D eigenvalue weighted by atomic mass is 32.2. The van der Waals surface area contributed by atoms with Gasteiger partial charge in [-0.3, -0.25) is 4.18 Å². The van der Waals surface area contributed by atoms with E-state index in [1.54, 1.807) is 0 Å². The summed E-state index contributed by atoms with van der Waals surface area (Å²) in [5.74, 6) is -2.37. The monoisotopic (exact) mass is 376 g/mol. The number of halogens is 2. The number of benzene rings is 2. The summed E-state index contributed by atoms with van der Waals surface area (Å²) in [6.45, 7) is -0.0614. The van der Waals surface area contributed by atoms with E-state index < -0.39 is 31.6 Å². The van der Waals surface area contributed by atoms with E-state index in [1.807, 2.05) is 0 Å². The van der Waals surface area contributed by atoms with Crippen LogP contribution in [0.1, 0.15) is 5.56 Å². The van der Waals surface area contributed by atoms with Gasteiger partial charge in [-0.15, -0.1) is 0 Å². The Morgan fingerprint density at radius 3 is 2.00 bits per heavy atom. The Hall–Kier alpha value is -1.84. The maximum atomic E-state index is 13.2. The van der Waals surface area contributed by atoms with E-state index in [9.17, 15) is 25.6 Å². The molecular formula is C15H14F2O5S2. The van der Waals surface area contributed by atoms with Gasteiger partial charge < -0.3 is 0 Å². The molecule has 0 radical (unpaired) electrons. The van der Waals surface area contributed by atoms with Crippen molar-refractivity contribution in [2.45, 2.75) is 16.2 Å². The number of hydrogen-bond acceptors (Lipinski definition) is 5. The number of sulfone groups is 1. The average molecular weight is 376 g/mol. The van der Waals surface area contributed by atoms with E-state index in [-0.39, 0.29) is 22.8 Å². The van der Waals surface area contributed by atoms with E-state index in [0.717, 1.165) is 18.4 Å². The van der Waals surface area contributed by atoms with Crippen LogP contribution in [-0.2, 0) is 30.6 Å². The highest BCUT2D eigenvalue weighted by Gasteiger charge is 2.19. The van der Waals surface area contributed by atoms with Gasteiger partial charge in [0.1, 0.15) is 0 Å². The molecule has 0 saturated heterocycles. The van der Waals surface area contributed by atoms with Gasteiger partial charge in [0.05, 0.1) is 22.7 Å². The van der Waals surface area contributed by atoms with Crippen LogP contribution in [0.5, 0.6) is 0 Å². The van der Waals surface area contributed by atoms with Crippen LogP contribution in [0.15, 0.2) is 52.3 Å². The summed E-state index contributed by atoms with van der Waals surface area (Å²) in [5, 5.41) is 0. The van der Waals surface area contributed by atoms with Crippen molar-refractivity contribution < 1.29 is 29.8 Å². The lowest BCUT2D eigenvalue weighted by Gasteiger charge is -2.07. The Morgan fingerprint density at radius 1 is 0.875 bits per heavy atom. The van der Waals surface area contributed by atoms with E-state index in [4.69, 9.17) is 0 Å². The van der Waals surface area contributed by atoms with Crippen molar-refractivity contribution in [2.75, 3.05) is 12.9 Å². The first-order chi connectivity index (χ1) is 11.1. The molecule has 0 aliphatic heterocycles. The summed E-state index contributed by atoms with van der Waals surface area (Å²) in [6.07, 6.45) is 1.21. The van der Waals surface area contributed by atoms with Crippen LogP contribution in [0.4, 0.5) is 8.78 Å². The van der Waals surface area contributed by atoms with Crippen molar-refractivity contribution >= 4 is 20.0 Å². The summed E-state index contributed by atoms with van der Waals surface area (Å²) in [7, 11) is -7.50. The molecule has 0 saturated carbocycles. The van der Waals surface area contributed by atoms with E-state index in [2.05, 4.69) is 4.18 Å². The van der Waals surface area contributed by atoms with Crippen LogP contribution in [0.2, 0.25) is 0 Å². The fourth-order valence-electron chi connectivity index (χ4n) is 1.93. The molecular weight excluding hydrogens is 362 g/mol. The van der Waals surface area contributed by atoms with Crippen molar-refractivity contribution in [3.63, 3.8) is 0 Å². The van der Waals surface area contributed by atoms with Gasteiger partial charge in [-0.1, -0.05) is 12.1 Å². The minimum atomic E-state index is -3.97. The van der Waals surface area contributed by atoms with Crippen molar-refractivity contribution in [3.8, 4) is 0 Å². The maximum Gasteiger partial charge on any atom is 0.264 e. The highest BCUT2D eigenvalue weighted by molar-refractivity contribution is 7.91. The van der Waals surface area contributed by atoms with E-state index >= 15 is 0 Å². The molecule has 0 aromatic heterocycles. The predicted molar refractivity (Wildman–Crippen MR) is 82.8 cm³/mol. The lowest BCUT2D eigenvalue weighted by atomic mass is 10.2. The maximum absolute atomic E-state index is 13.2. The molecule has 130 valence electrons. The van der Waals surface area contributed by atoms with Gasteiger partial charge in [-0.25, -0.2) is 17.2 Å². The van der Waals surface area contributed by atoms with Crippen LogP contribution in [-0.4, -0.2) is 29.7 Å². The Kier molecular flexibility index (Phi) is 5.36. The van der Waals surface area contributed by atoms with Crippen LogP contribution in [0.3, 0.4) is 0 Å². The quantitative estimate of drug-likeness (QED) is 0.571. The first-order valence-electron chi connectivity index (χ1n) is 6.73. The average Bonchev–Trinajstić information content (AvgIpc) is 2.49. The van der Waals surface area contributed by atoms with Crippen LogP contribution in [0, 0.1) is 11.6 Å². The lowest BCUT2D eigenvalue weighted by molar-refractivity contribution is 0.326. The molecule has 24 heavy (non-hydrogen) atoms. The van der Waals surface area contributed by atoms with Gasteiger partial charge in [0, 0.05) is 0 Å². The van der Waals surface area contributed by atoms with Crippen LogP contribution >= 0.6 is 0 Å². The van der Waals surface area contributed by atoms with Crippen molar-refractivity contribution in [1.82, 2.24) is 0 Å². The molecule has 5 nitrogen and oxygen atoms in total. The molecule has 0 atom stereocenters. The van der Waals surface area contributed by atoms with Gasteiger partial charge in [-0.2, -0.15) is 8.42 Å².